The first-order valence-electron chi connectivity index (χ1n) is 12.2. The fourth-order valence-electron chi connectivity index (χ4n) is 3.17. The summed E-state index contributed by atoms with van der Waals surface area (Å²) in [7, 11) is 7.34. The maximum Gasteiger partial charge on any atom is 0.119 e. The van der Waals surface area contributed by atoms with Crippen molar-refractivity contribution in [3.63, 3.8) is 0 Å². The zero-order valence-corrected chi connectivity index (χ0v) is 24.6. The third kappa shape index (κ3) is 17.3. The molecule has 0 atom stereocenters. The predicted molar refractivity (Wildman–Crippen MR) is 144 cm³/mol. The maximum atomic E-state index is 5.76. The highest BCUT2D eigenvalue weighted by Gasteiger charge is 1.99. The van der Waals surface area contributed by atoms with Crippen LogP contribution >= 0.6 is 21.6 Å². The number of ether oxygens (including phenoxy) is 4. The Morgan fingerprint density at radius 1 is 0.528 bits per heavy atom. The van der Waals surface area contributed by atoms with Crippen LogP contribution in [-0.2, 0) is 0 Å². The number of halogens is 2. The van der Waals surface area contributed by atoms with Crippen molar-refractivity contribution in [3.8, 4) is 23.0 Å². The number of benzene rings is 2. The molecule has 2 rings (SSSR count). The number of methoxy groups -OCH3 is 2. The smallest absolute Gasteiger partial charge is 0.119 e. The molecule has 0 aromatic heterocycles. The lowest BCUT2D eigenvalue weighted by Crippen LogP contribution is -3.00. The van der Waals surface area contributed by atoms with Crippen molar-refractivity contribution in [3.05, 3.63) is 48.5 Å². The summed E-state index contributed by atoms with van der Waals surface area (Å²) in [5.41, 5.74) is 0. The zero-order valence-electron chi connectivity index (χ0n) is 21.5. The third-order valence-corrected chi connectivity index (χ3v) is 7.63. The van der Waals surface area contributed by atoms with Crippen LogP contribution in [-0.4, -0.2) is 65.1 Å². The lowest BCUT2D eigenvalue weighted by Gasteiger charge is -2.07. The molecule has 0 unspecified atom stereocenters. The average molecular weight is 582 g/mol. The molecule has 0 saturated carbocycles. The molecule has 0 radical (unpaired) electrons. The van der Waals surface area contributed by atoms with Gasteiger partial charge in [0.1, 0.15) is 23.0 Å². The van der Waals surface area contributed by atoms with E-state index in [0.29, 0.717) is 0 Å². The monoisotopic (exact) mass is 580 g/mol. The van der Waals surface area contributed by atoms with Crippen LogP contribution in [0.4, 0.5) is 0 Å². The molecule has 10 heteroatoms. The standard InChI is InChI=1S/C26H40N2O4S2.2ClH/c1-29-23-7-11-25(12-8-23)31-19-5-3-15-27-17-21-33-34-22-18-28-16-4-6-20-32-26-13-9-24(30-2)10-14-26;;/h7-14,27-28H,3-6,15-22H2,1-2H3;2*1H. The van der Waals surface area contributed by atoms with Gasteiger partial charge in [-0.2, -0.15) is 0 Å². The summed E-state index contributed by atoms with van der Waals surface area (Å²) in [6.45, 7) is 6.28. The molecule has 4 N–H and O–H groups in total. The minimum atomic E-state index is 0. The van der Waals surface area contributed by atoms with Crippen LogP contribution in [0.1, 0.15) is 25.7 Å². The molecule has 0 heterocycles. The first kappa shape index (κ1) is 34.8. The highest BCUT2D eigenvalue weighted by molar-refractivity contribution is 8.76. The number of nitrogens with two attached hydrogens (primary N) is 2. The Hall–Kier alpha value is -1.16. The van der Waals surface area contributed by atoms with E-state index >= 15 is 0 Å². The van der Waals surface area contributed by atoms with Crippen LogP contribution in [0.5, 0.6) is 23.0 Å². The second-order valence-electron chi connectivity index (χ2n) is 7.84. The molecule has 0 aliphatic rings. The van der Waals surface area contributed by atoms with Crippen molar-refractivity contribution in [1.82, 2.24) is 0 Å². The summed E-state index contributed by atoms with van der Waals surface area (Å²) in [5.74, 6) is 5.95. The average Bonchev–Trinajstić information content (AvgIpc) is 2.88. The Morgan fingerprint density at radius 3 is 1.25 bits per heavy atom. The van der Waals surface area contributed by atoms with Crippen molar-refractivity contribution < 1.29 is 54.4 Å². The summed E-state index contributed by atoms with van der Waals surface area (Å²) in [6.07, 6.45) is 4.56. The maximum absolute atomic E-state index is 5.76. The minimum Gasteiger partial charge on any atom is -1.00 e. The van der Waals surface area contributed by atoms with Gasteiger partial charge >= 0.3 is 0 Å². The van der Waals surface area contributed by atoms with Crippen LogP contribution in [0.25, 0.3) is 0 Å². The van der Waals surface area contributed by atoms with E-state index in [1.807, 2.05) is 70.1 Å². The van der Waals surface area contributed by atoms with Crippen molar-refractivity contribution >= 4 is 21.6 Å². The second-order valence-corrected chi connectivity index (χ2v) is 10.5. The van der Waals surface area contributed by atoms with Crippen molar-refractivity contribution in [2.75, 3.05) is 65.1 Å². The van der Waals surface area contributed by atoms with E-state index in [1.54, 1.807) is 14.2 Å². The van der Waals surface area contributed by atoms with Crippen LogP contribution in [0.15, 0.2) is 48.5 Å². The van der Waals surface area contributed by atoms with Gasteiger partial charge in [0.25, 0.3) is 0 Å². The molecule has 0 saturated heterocycles. The fourth-order valence-corrected chi connectivity index (χ4v) is 5.22. The fraction of sp³-hybridized carbons (Fsp3) is 0.538. The first-order valence-corrected chi connectivity index (χ1v) is 14.7. The van der Waals surface area contributed by atoms with Gasteiger partial charge in [-0.3, -0.25) is 0 Å². The SMILES string of the molecule is COc1ccc(OCCCC[NH2+]CCSSCC[NH2+]CCCCOc2ccc(OC)cc2)cc1.[Cl-].[Cl-]. The van der Waals surface area contributed by atoms with Gasteiger partial charge in [-0.05, 0) is 74.2 Å². The summed E-state index contributed by atoms with van der Waals surface area (Å²) in [5, 5.41) is 4.84. The van der Waals surface area contributed by atoms with Gasteiger partial charge in [0.05, 0.1) is 65.1 Å². The van der Waals surface area contributed by atoms with Gasteiger partial charge < -0.3 is 54.4 Å². The van der Waals surface area contributed by atoms with Gasteiger partial charge in [0.2, 0.25) is 0 Å². The van der Waals surface area contributed by atoms with Crippen LogP contribution in [0.2, 0.25) is 0 Å². The molecule has 0 fully saturated rings. The van der Waals surface area contributed by atoms with Crippen LogP contribution < -0.4 is 54.4 Å². The molecule has 2 aromatic carbocycles. The van der Waals surface area contributed by atoms with Gasteiger partial charge in [-0.25, -0.2) is 0 Å². The molecule has 0 spiro atoms. The number of unbranched alkanes of at least 4 members (excludes halogenated alkanes) is 2. The summed E-state index contributed by atoms with van der Waals surface area (Å²) >= 11 is 0. The van der Waals surface area contributed by atoms with E-state index in [0.717, 1.165) is 49.1 Å². The van der Waals surface area contributed by atoms with Gasteiger partial charge in [0.15, 0.2) is 0 Å². The quantitative estimate of drug-likeness (QED) is 0.123. The normalized spacial score (nSPS) is 10.2. The topological polar surface area (TPSA) is 70.1 Å². The van der Waals surface area contributed by atoms with Gasteiger partial charge in [-0.15, -0.1) is 0 Å². The summed E-state index contributed by atoms with van der Waals surface area (Å²) in [4.78, 5) is 0. The van der Waals surface area contributed by atoms with E-state index in [4.69, 9.17) is 18.9 Å². The lowest BCUT2D eigenvalue weighted by molar-refractivity contribution is -0.651. The molecule has 0 bridgehead atoms. The summed E-state index contributed by atoms with van der Waals surface area (Å²) in [6, 6.07) is 15.5. The largest absolute Gasteiger partial charge is 1.00 e. The lowest BCUT2D eigenvalue weighted by atomic mass is 10.3. The Kier molecular flexibility index (Phi) is 23.4. The summed E-state index contributed by atoms with van der Waals surface area (Å²) < 4.78 is 21.8. The molecule has 2 aromatic rings. The van der Waals surface area contributed by atoms with Crippen molar-refractivity contribution in [2.24, 2.45) is 0 Å². The Morgan fingerprint density at radius 2 is 0.889 bits per heavy atom. The highest BCUT2D eigenvalue weighted by atomic mass is 35.5. The third-order valence-electron chi connectivity index (χ3n) is 5.16. The van der Waals surface area contributed by atoms with Crippen molar-refractivity contribution in [1.29, 1.82) is 0 Å². The first-order chi connectivity index (χ1) is 16.8. The minimum absolute atomic E-state index is 0. The van der Waals surface area contributed by atoms with Gasteiger partial charge in [0, 0.05) is 0 Å². The van der Waals surface area contributed by atoms with E-state index < -0.39 is 0 Å². The van der Waals surface area contributed by atoms with Crippen LogP contribution in [0, 0.1) is 0 Å². The van der Waals surface area contributed by atoms with E-state index in [2.05, 4.69) is 10.6 Å². The number of rotatable bonds is 21. The molecule has 36 heavy (non-hydrogen) atoms. The van der Waals surface area contributed by atoms with E-state index in [-0.39, 0.29) is 24.8 Å². The zero-order chi connectivity index (χ0) is 24.1. The molecule has 0 aliphatic carbocycles. The molecule has 6 nitrogen and oxygen atoms in total. The Labute approximate surface area is 237 Å². The van der Waals surface area contributed by atoms with E-state index in [9.17, 15) is 0 Å². The predicted octanol–water partition coefficient (Wildman–Crippen LogP) is -2.76. The second kappa shape index (κ2) is 24.2. The number of quaternary nitrogens is 2. The number of hydrogen-bond donors (Lipinski definition) is 2. The van der Waals surface area contributed by atoms with E-state index in [1.165, 1.54) is 50.5 Å². The van der Waals surface area contributed by atoms with Crippen molar-refractivity contribution in [2.45, 2.75) is 25.7 Å². The molecular weight excluding hydrogens is 539 g/mol. The number of hydrogen-bond acceptors (Lipinski definition) is 6. The van der Waals surface area contributed by atoms with Crippen LogP contribution in [0.3, 0.4) is 0 Å². The molecular formula is C26H42Cl2N2O4S2. The molecule has 206 valence electrons. The van der Waals surface area contributed by atoms with Gasteiger partial charge in [-0.1, -0.05) is 21.6 Å². The Balaban J connectivity index is 0.00000612. The molecule has 0 aliphatic heterocycles. The molecule has 0 amide bonds. The Bertz CT molecular complexity index is 680. The highest BCUT2D eigenvalue weighted by Crippen LogP contribution is 2.19.